The third-order valence-electron chi connectivity index (χ3n) is 1.72. The second kappa shape index (κ2) is 4.94. The summed E-state index contributed by atoms with van der Waals surface area (Å²) >= 11 is 0. The SMILES string of the molecule is CCOc1cccc(OC(F)(F)F)c1C(=O)[O-]. The first-order valence-corrected chi connectivity index (χ1v) is 4.58. The summed E-state index contributed by atoms with van der Waals surface area (Å²) in [4.78, 5) is 10.8. The van der Waals surface area contributed by atoms with E-state index < -0.39 is 23.6 Å². The molecule has 0 saturated carbocycles. The van der Waals surface area contributed by atoms with E-state index >= 15 is 0 Å². The first-order chi connectivity index (χ1) is 7.85. The number of halogens is 3. The van der Waals surface area contributed by atoms with E-state index in [0.29, 0.717) is 0 Å². The van der Waals surface area contributed by atoms with Gasteiger partial charge in [0.15, 0.2) is 0 Å². The number of rotatable bonds is 4. The Morgan fingerprint density at radius 2 is 1.94 bits per heavy atom. The highest BCUT2D eigenvalue weighted by atomic mass is 19.4. The molecule has 0 saturated heterocycles. The van der Waals surface area contributed by atoms with E-state index in [1.165, 1.54) is 12.1 Å². The van der Waals surface area contributed by atoms with Gasteiger partial charge in [-0.15, -0.1) is 13.2 Å². The zero-order chi connectivity index (χ0) is 13.1. The molecule has 0 aliphatic carbocycles. The van der Waals surface area contributed by atoms with Crippen molar-refractivity contribution in [2.24, 2.45) is 0 Å². The molecular formula is C10H8F3O4-. The van der Waals surface area contributed by atoms with Crippen LogP contribution in [0.4, 0.5) is 13.2 Å². The smallest absolute Gasteiger partial charge is 0.545 e. The summed E-state index contributed by atoms with van der Waals surface area (Å²) in [6.07, 6.45) is -4.98. The highest BCUT2D eigenvalue weighted by Gasteiger charge is 2.32. The van der Waals surface area contributed by atoms with Crippen LogP contribution in [0.2, 0.25) is 0 Å². The molecule has 0 heterocycles. The summed E-state index contributed by atoms with van der Waals surface area (Å²) < 4.78 is 44.5. The van der Waals surface area contributed by atoms with Crippen molar-refractivity contribution in [3.8, 4) is 11.5 Å². The van der Waals surface area contributed by atoms with Crippen molar-refractivity contribution < 1.29 is 32.5 Å². The van der Waals surface area contributed by atoms with Crippen molar-refractivity contribution in [3.05, 3.63) is 23.8 Å². The van der Waals surface area contributed by atoms with Crippen molar-refractivity contribution in [2.75, 3.05) is 6.61 Å². The van der Waals surface area contributed by atoms with Gasteiger partial charge in [0.05, 0.1) is 18.1 Å². The molecule has 17 heavy (non-hydrogen) atoms. The zero-order valence-electron chi connectivity index (χ0n) is 8.71. The molecule has 1 rings (SSSR count). The molecular weight excluding hydrogens is 241 g/mol. The molecule has 0 aliphatic heterocycles. The number of carbonyl (C=O) groups excluding carboxylic acids is 1. The summed E-state index contributed by atoms with van der Waals surface area (Å²) in [5.41, 5.74) is -0.758. The summed E-state index contributed by atoms with van der Waals surface area (Å²) in [5, 5.41) is 10.8. The highest BCUT2D eigenvalue weighted by molar-refractivity contribution is 5.92. The lowest BCUT2D eigenvalue weighted by atomic mass is 10.2. The van der Waals surface area contributed by atoms with Crippen molar-refractivity contribution in [2.45, 2.75) is 13.3 Å². The standard InChI is InChI=1S/C10H9F3O4/c1-2-16-6-4-3-5-7(8(6)9(14)15)17-10(11,12)13/h3-5H,2H2,1H3,(H,14,15)/p-1. The number of hydrogen-bond donors (Lipinski definition) is 0. The Hall–Kier alpha value is -1.92. The van der Waals surface area contributed by atoms with Crippen LogP contribution in [0.25, 0.3) is 0 Å². The first kappa shape index (κ1) is 13.1. The van der Waals surface area contributed by atoms with Gasteiger partial charge in [-0.05, 0) is 19.1 Å². The Kier molecular flexibility index (Phi) is 3.82. The Morgan fingerprint density at radius 1 is 1.35 bits per heavy atom. The Balaban J connectivity index is 3.20. The van der Waals surface area contributed by atoms with Crippen molar-refractivity contribution >= 4 is 5.97 Å². The predicted molar refractivity (Wildman–Crippen MR) is 48.6 cm³/mol. The van der Waals surface area contributed by atoms with Gasteiger partial charge >= 0.3 is 6.36 Å². The van der Waals surface area contributed by atoms with Crippen LogP contribution in [-0.2, 0) is 0 Å². The molecule has 1 aromatic rings. The van der Waals surface area contributed by atoms with Crippen LogP contribution >= 0.6 is 0 Å². The van der Waals surface area contributed by atoms with Crippen molar-refractivity contribution in [1.29, 1.82) is 0 Å². The van der Waals surface area contributed by atoms with Gasteiger partial charge in [-0.2, -0.15) is 0 Å². The van der Waals surface area contributed by atoms with Gasteiger partial charge in [0.25, 0.3) is 0 Å². The van der Waals surface area contributed by atoms with Gasteiger partial charge in [0.1, 0.15) is 11.5 Å². The normalized spacial score (nSPS) is 11.1. The molecule has 4 nitrogen and oxygen atoms in total. The minimum Gasteiger partial charge on any atom is -0.545 e. The maximum atomic E-state index is 12.0. The Labute approximate surface area is 94.6 Å². The van der Waals surface area contributed by atoms with Crippen LogP contribution in [0, 0.1) is 0 Å². The van der Waals surface area contributed by atoms with Crippen LogP contribution in [0.5, 0.6) is 11.5 Å². The minimum atomic E-state index is -4.98. The second-order valence-corrected chi connectivity index (χ2v) is 2.90. The van der Waals surface area contributed by atoms with E-state index in [0.717, 1.165) is 6.07 Å². The van der Waals surface area contributed by atoms with Crippen molar-refractivity contribution in [1.82, 2.24) is 0 Å². The lowest BCUT2D eigenvalue weighted by Crippen LogP contribution is -2.26. The van der Waals surface area contributed by atoms with E-state index in [1.54, 1.807) is 6.92 Å². The molecule has 0 aromatic heterocycles. The van der Waals surface area contributed by atoms with Gasteiger partial charge in [0.2, 0.25) is 0 Å². The quantitative estimate of drug-likeness (QED) is 0.808. The molecule has 0 fully saturated rings. The molecule has 0 radical (unpaired) electrons. The van der Waals surface area contributed by atoms with Crippen LogP contribution in [0.1, 0.15) is 17.3 Å². The van der Waals surface area contributed by atoms with E-state index in [1.807, 2.05) is 0 Å². The topological polar surface area (TPSA) is 58.6 Å². The van der Waals surface area contributed by atoms with Crippen molar-refractivity contribution in [3.63, 3.8) is 0 Å². The fourth-order valence-electron chi connectivity index (χ4n) is 1.20. The van der Waals surface area contributed by atoms with Gasteiger partial charge in [-0.1, -0.05) is 6.07 Å². The van der Waals surface area contributed by atoms with Crippen LogP contribution in [0.3, 0.4) is 0 Å². The van der Waals surface area contributed by atoms with Crippen LogP contribution in [0.15, 0.2) is 18.2 Å². The Bertz CT molecular complexity index is 415. The highest BCUT2D eigenvalue weighted by Crippen LogP contribution is 2.32. The third kappa shape index (κ3) is 3.54. The molecule has 7 heteroatoms. The molecule has 0 atom stereocenters. The average molecular weight is 249 g/mol. The molecule has 0 amide bonds. The summed E-state index contributed by atoms with van der Waals surface area (Å²) in [7, 11) is 0. The summed E-state index contributed by atoms with van der Waals surface area (Å²) in [6, 6.07) is 3.29. The lowest BCUT2D eigenvalue weighted by Gasteiger charge is -2.16. The Morgan fingerprint density at radius 3 is 2.41 bits per heavy atom. The van der Waals surface area contributed by atoms with Gasteiger partial charge in [-0.3, -0.25) is 0 Å². The third-order valence-corrected chi connectivity index (χ3v) is 1.72. The molecule has 0 aliphatic rings. The molecule has 0 spiro atoms. The maximum Gasteiger partial charge on any atom is 0.573 e. The molecule has 94 valence electrons. The largest absolute Gasteiger partial charge is 0.573 e. The number of hydrogen-bond acceptors (Lipinski definition) is 4. The van der Waals surface area contributed by atoms with E-state index in [-0.39, 0.29) is 12.4 Å². The van der Waals surface area contributed by atoms with Gasteiger partial charge in [-0.25, -0.2) is 0 Å². The fraction of sp³-hybridized carbons (Fsp3) is 0.300. The zero-order valence-corrected chi connectivity index (χ0v) is 8.71. The number of ether oxygens (including phenoxy) is 2. The van der Waals surface area contributed by atoms with E-state index in [9.17, 15) is 23.1 Å². The fourth-order valence-corrected chi connectivity index (χ4v) is 1.20. The lowest BCUT2D eigenvalue weighted by molar-refractivity contribution is -0.276. The number of carbonyl (C=O) groups is 1. The molecule has 0 unspecified atom stereocenters. The molecule has 0 N–H and O–H groups in total. The first-order valence-electron chi connectivity index (χ1n) is 4.58. The van der Waals surface area contributed by atoms with E-state index in [4.69, 9.17) is 4.74 Å². The van der Waals surface area contributed by atoms with Gasteiger partial charge in [0, 0.05) is 0 Å². The average Bonchev–Trinajstić information content (AvgIpc) is 2.15. The molecule has 1 aromatic carbocycles. The number of alkyl halides is 3. The second-order valence-electron chi connectivity index (χ2n) is 2.90. The van der Waals surface area contributed by atoms with E-state index in [2.05, 4.69) is 4.74 Å². The number of carboxylic acid groups (broad SMARTS) is 1. The maximum absolute atomic E-state index is 12.0. The summed E-state index contributed by atoms with van der Waals surface area (Å²) in [6.45, 7) is 1.67. The number of carboxylic acids is 1. The monoisotopic (exact) mass is 249 g/mol. The summed E-state index contributed by atoms with van der Waals surface area (Å²) in [5.74, 6) is -2.88. The van der Waals surface area contributed by atoms with Crippen LogP contribution in [-0.4, -0.2) is 18.9 Å². The van der Waals surface area contributed by atoms with Gasteiger partial charge < -0.3 is 19.4 Å². The van der Waals surface area contributed by atoms with Crippen LogP contribution < -0.4 is 14.6 Å². The molecule has 0 bridgehead atoms. The predicted octanol–water partition coefficient (Wildman–Crippen LogP) is 1.35. The number of benzene rings is 1. The number of aromatic carboxylic acids is 1. The minimum absolute atomic E-state index is 0.107.